The van der Waals surface area contributed by atoms with Crippen LogP contribution >= 0.6 is 15.9 Å². The van der Waals surface area contributed by atoms with Gasteiger partial charge in [-0.05, 0) is 23.8 Å². The fraction of sp³-hybridized carbons (Fsp3) is 0.316. The molecular weight excluding hydrogens is 368 g/mol. The summed E-state index contributed by atoms with van der Waals surface area (Å²) in [6.45, 7) is 2.47. The standard InChI is InChI=1S/C19H21BrN2O2/c1-12(18(21)13-5-3-2-4-6-13)19(23)22-16-9-10-24-17-8-7-14(20)11-15(16)17/h2-8,11-12,16,18H,9-10,21H2,1H3,(H,22,23)/t12-,16+,18-/m0/s1. The van der Waals surface area contributed by atoms with E-state index >= 15 is 0 Å². The van der Waals surface area contributed by atoms with Crippen molar-refractivity contribution in [2.45, 2.75) is 25.4 Å². The summed E-state index contributed by atoms with van der Waals surface area (Å²) in [6, 6.07) is 15.2. The molecule has 3 rings (SSSR count). The molecule has 1 aliphatic rings. The number of carbonyl (C=O) groups is 1. The Kier molecular flexibility index (Phi) is 5.21. The normalized spacial score (nSPS) is 18.9. The summed E-state index contributed by atoms with van der Waals surface area (Å²) in [5.74, 6) is 0.477. The van der Waals surface area contributed by atoms with Crippen LogP contribution in [0.5, 0.6) is 5.75 Å². The largest absolute Gasteiger partial charge is 0.493 e. The number of hydrogen-bond acceptors (Lipinski definition) is 3. The first-order chi connectivity index (χ1) is 11.6. The summed E-state index contributed by atoms with van der Waals surface area (Å²) in [7, 11) is 0. The molecule has 126 valence electrons. The van der Waals surface area contributed by atoms with Crippen molar-refractivity contribution in [3.63, 3.8) is 0 Å². The smallest absolute Gasteiger partial charge is 0.225 e. The fourth-order valence-corrected chi connectivity index (χ4v) is 3.32. The number of nitrogens with one attached hydrogen (secondary N) is 1. The maximum absolute atomic E-state index is 12.7. The average Bonchev–Trinajstić information content (AvgIpc) is 2.61. The third-order valence-electron chi connectivity index (χ3n) is 4.46. The third kappa shape index (κ3) is 3.62. The molecule has 0 saturated heterocycles. The van der Waals surface area contributed by atoms with Crippen LogP contribution in [-0.2, 0) is 4.79 Å². The van der Waals surface area contributed by atoms with Gasteiger partial charge in [0.05, 0.1) is 18.6 Å². The van der Waals surface area contributed by atoms with Crippen LogP contribution < -0.4 is 15.8 Å². The Bertz CT molecular complexity index is 721. The van der Waals surface area contributed by atoms with Crippen molar-refractivity contribution in [2.24, 2.45) is 11.7 Å². The van der Waals surface area contributed by atoms with Gasteiger partial charge in [0.2, 0.25) is 5.91 Å². The molecule has 0 spiro atoms. The summed E-state index contributed by atoms with van der Waals surface area (Å²) < 4.78 is 6.64. The Labute approximate surface area is 150 Å². The highest BCUT2D eigenvalue weighted by Gasteiger charge is 2.28. The zero-order valence-electron chi connectivity index (χ0n) is 13.5. The van der Waals surface area contributed by atoms with Gasteiger partial charge in [-0.2, -0.15) is 0 Å². The minimum atomic E-state index is -0.326. The maximum atomic E-state index is 12.7. The molecule has 2 aromatic rings. The molecule has 0 saturated carbocycles. The summed E-state index contributed by atoms with van der Waals surface area (Å²) in [6.07, 6.45) is 0.752. The molecular formula is C19H21BrN2O2. The van der Waals surface area contributed by atoms with E-state index in [0.29, 0.717) is 6.61 Å². The van der Waals surface area contributed by atoms with Crippen LogP contribution in [0.1, 0.15) is 36.6 Å². The Hall–Kier alpha value is -1.85. The molecule has 1 amide bonds. The molecule has 0 aromatic heterocycles. The highest BCUT2D eigenvalue weighted by atomic mass is 79.9. The molecule has 24 heavy (non-hydrogen) atoms. The lowest BCUT2D eigenvalue weighted by molar-refractivity contribution is -0.126. The van der Waals surface area contributed by atoms with E-state index in [-0.39, 0.29) is 23.9 Å². The molecule has 0 radical (unpaired) electrons. The Morgan fingerprint density at radius 1 is 1.29 bits per heavy atom. The SMILES string of the molecule is C[C@H](C(=O)N[C@@H]1CCOc2ccc(Br)cc21)[C@H](N)c1ccccc1. The van der Waals surface area contributed by atoms with Gasteiger partial charge in [0.25, 0.3) is 0 Å². The molecule has 5 heteroatoms. The van der Waals surface area contributed by atoms with E-state index in [9.17, 15) is 4.79 Å². The predicted molar refractivity (Wildman–Crippen MR) is 97.7 cm³/mol. The van der Waals surface area contributed by atoms with Crippen LogP contribution in [0, 0.1) is 5.92 Å². The number of amides is 1. The second kappa shape index (κ2) is 7.36. The van der Waals surface area contributed by atoms with Gasteiger partial charge in [-0.3, -0.25) is 4.79 Å². The Balaban J connectivity index is 1.73. The van der Waals surface area contributed by atoms with E-state index in [1.165, 1.54) is 0 Å². The number of nitrogens with two attached hydrogens (primary N) is 1. The van der Waals surface area contributed by atoms with Crippen LogP contribution in [0.3, 0.4) is 0 Å². The average molecular weight is 389 g/mol. The molecule has 0 unspecified atom stereocenters. The lowest BCUT2D eigenvalue weighted by Gasteiger charge is -2.29. The summed E-state index contributed by atoms with van der Waals surface area (Å²) in [5.41, 5.74) is 8.24. The number of carbonyl (C=O) groups excluding carboxylic acids is 1. The molecule has 1 aliphatic heterocycles. The Morgan fingerprint density at radius 2 is 2.04 bits per heavy atom. The lowest BCUT2D eigenvalue weighted by atomic mass is 9.93. The van der Waals surface area contributed by atoms with Crippen LogP contribution in [-0.4, -0.2) is 12.5 Å². The second-order valence-corrected chi connectivity index (χ2v) is 7.02. The number of fused-ring (bicyclic) bond motifs is 1. The minimum Gasteiger partial charge on any atom is -0.493 e. The van der Waals surface area contributed by atoms with Crippen LogP contribution in [0.4, 0.5) is 0 Å². The molecule has 3 atom stereocenters. The Morgan fingerprint density at radius 3 is 2.79 bits per heavy atom. The van der Waals surface area contributed by atoms with E-state index in [0.717, 1.165) is 27.8 Å². The number of rotatable bonds is 4. The van der Waals surface area contributed by atoms with Crippen LogP contribution in [0.15, 0.2) is 53.0 Å². The quantitative estimate of drug-likeness (QED) is 0.838. The lowest BCUT2D eigenvalue weighted by Crippen LogP contribution is -2.39. The van der Waals surface area contributed by atoms with Gasteiger partial charge in [0.1, 0.15) is 5.75 Å². The molecule has 3 N–H and O–H groups in total. The maximum Gasteiger partial charge on any atom is 0.225 e. The van der Waals surface area contributed by atoms with Gasteiger partial charge in [-0.25, -0.2) is 0 Å². The van der Waals surface area contributed by atoms with Crippen molar-refractivity contribution < 1.29 is 9.53 Å². The molecule has 2 aromatic carbocycles. The molecule has 4 nitrogen and oxygen atoms in total. The first kappa shape index (κ1) is 17.0. The molecule has 0 aliphatic carbocycles. The highest BCUT2D eigenvalue weighted by molar-refractivity contribution is 9.10. The number of halogens is 1. The molecule has 0 fully saturated rings. The monoisotopic (exact) mass is 388 g/mol. The number of benzene rings is 2. The van der Waals surface area contributed by atoms with Crippen molar-refractivity contribution in [2.75, 3.05) is 6.61 Å². The van der Waals surface area contributed by atoms with E-state index in [2.05, 4.69) is 21.2 Å². The molecule has 0 bridgehead atoms. The summed E-state index contributed by atoms with van der Waals surface area (Å²) >= 11 is 3.48. The minimum absolute atomic E-state index is 0.0378. The van der Waals surface area contributed by atoms with Crippen molar-refractivity contribution >= 4 is 21.8 Å². The van der Waals surface area contributed by atoms with Gasteiger partial charge in [0, 0.05) is 22.5 Å². The summed E-state index contributed by atoms with van der Waals surface area (Å²) in [5, 5.41) is 3.13. The first-order valence-corrected chi connectivity index (χ1v) is 8.88. The zero-order valence-corrected chi connectivity index (χ0v) is 15.1. The van der Waals surface area contributed by atoms with Crippen molar-refractivity contribution in [3.8, 4) is 5.75 Å². The second-order valence-electron chi connectivity index (χ2n) is 6.11. The van der Waals surface area contributed by atoms with E-state index in [4.69, 9.17) is 10.5 Å². The van der Waals surface area contributed by atoms with Gasteiger partial charge in [-0.1, -0.05) is 53.2 Å². The summed E-state index contributed by atoms with van der Waals surface area (Å²) in [4.78, 5) is 12.7. The fourth-order valence-electron chi connectivity index (χ4n) is 2.95. The topological polar surface area (TPSA) is 64.3 Å². The molecule has 1 heterocycles. The van der Waals surface area contributed by atoms with Crippen molar-refractivity contribution in [1.82, 2.24) is 5.32 Å². The number of ether oxygens (including phenoxy) is 1. The zero-order chi connectivity index (χ0) is 17.1. The predicted octanol–water partition coefficient (Wildman–Crippen LogP) is 3.73. The van der Waals surface area contributed by atoms with Gasteiger partial charge < -0.3 is 15.8 Å². The van der Waals surface area contributed by atoms with E-state index in [1.807, 2.05) is 55.5 Å². The van der Waals surface area contributed by atoms with Gasteiger partial charge in [-0.15, -0.1) is 0 Å². The van der Waals surface area contributed by atoms with Crippen molar-refractivity contribution in [3.05, 3.63) is 64.1 Å². The highest BCUT2D eigenvalue weighted by Crippen LogP contribution is 2.34. The van der Waals surface area contributed by atoms with Crippen molar-refractivity contribution in [1.29, 1.82) is 0 Å². The van der Waals surface area contributed by atoms with Gasteiger partial charge >= 0.3 is 0 Å². The van der Waals surface area contributed by atoms with Crippen LogP contribution in [0.2, 0.25) is 0 Å². The first-order valence-electron chi connectivity index (χ1n) is 8.09. The van der Waals surface area contributed by atoms with E-state index < -0.39 is 0 Å². The number of hydrogen-bond donors (Lipinski definition) is 2. The van der Waals surface area contributed by atoms with E-state index in [1.54, 1.807) is 0 Å². The third-order valence-corrected chi connectivity index (χ3v) is 4.96. The van der Waals surface area contributed by atoms with Crippen LogP contribution in [0.25, 0.3) is 0 Å². The van der Waals surface area contributed by atoms with Gasteiger partial charge in [0.15, 0.2) is 0 Å².